The number of aromatic nitrogens is 2. The Morgan fingerprint density at radius 2 is 2.40 bits per heavy atom. The molecule has 0 saturated carbocycles. The molecular weight excluding hydrogens is 214 g/mol. The molecule has 1 aliphatic heterocycles. The van der Waals surface area contributed by atoms with Gasteiger partial charge in [-0.3, -0.25) is 0 Å². The summed E-state index contributed by atoms with van der Waals surface area (Å²) in [6, 6.07) is 1.89. The molecule has 2 heterocycles. The van der Waals surface area contributed by atoms with Crippen LogP contribution in [-0.2, 0) is 0 Å². The van der Waals surface area contributed by atoms with Crippen LogP contribution < -0.4 is 4.90 Å². The summed E-state index contributed by atoms with van der Waals surface area (Å²) >= 11 is 5.81. The van der Waals surface area contributed by atoms with Gasteiger partial charge in [-0.2, -0.15) is 0 Å². The molecule has 1 aliphatic rings. The lowest BCUT2D eigenvalue weighted by Gasteiger charge is -2.27. The van der Waals surface area contributed by atoms with E-state index in [1.807, 2.05) is 6.92 Å². The SMILES string of the molecule is C[C@@H](O)[C@@H]1CCCN1c1cc(Cl)ncn1. The van der Waals surface area contributed by atoms with Crippen molar-refractivity contribution in [2.24, 2.45) is 0 Å². The number of halogens is 1. The standard InChI is InChI=1S/C10H14ClN3O/c1-7(15)8-3-2-4-14(8)10-5-9(11)12-6-13-10/h5-8,15H,2-4H2,1H3/t7-,8+/m1/s1. The zero-order chi connectivity index (χ0) is 10.8. The van der Waals surface area contributed by atoms with E-state index in [9.17, 15) is 5.11 Å². The molecule has 15 heavy (non-hydrogen) atoms. The van der Waals surface area contributed by atoms with Crippen LogP contribution in [0.25, 0.3) is 0 Å². The Bertz CT molecular complexity index is 345. The summed E-state index contributed by atoms with van der Waals surface area (Å²) in [4.78, 5) is 10.1. The third kappa shape index (κ3) is 2.21. The summed E-state index contributed by atoms with van der Waals surface area (Å²) in [5, 5.41) is 10.1. The second-order valence-electron chi connectivity index (χ2n) is 3.84. The molecule has 0 radical (unpaired) electrons. The monoisotopic (exact) mass is 227 g/mol. The van der Waals surface area contributed by atoms with Crippen LogP contribution in [0.4, 0.5) is 5.82 Å². The van der Waals surface area contributed by atoms with Gasteiger partial charge in [-0.15, -0.1) is 0 Å². The smallest absolute Gasteiger partial charge is 0.134 e. The van der Waals surface area contributed by atoms with Crippen LogP contribution in [0.1, 0.15) is 19.8 Å². The average Bonchev–Trinajstić information content (AvgIpc) is 2.65. The highest BCUT2D eigenvalue weighted by atomic mass is 35.5. The lowest BCUT2D eigenvalue weighted by molar-refractivity contribution is 0.164. The highest BCUT2D eigenvalue weighted by molar-refractivity contribution is 6.29. The molecule has 2 atom stereocenters. The highest BCUT2D eigenvalue weighted by Gasteiger charge is 2.29. The number of rotatable bonds is 2. The van der Waals surface area contributed by atoms with Crippen molar-refractivity contribution < 1.29 is 5.11 Å². The number of hydrogen-bond acceptors (Lipinski definition) is 4. The second-order valence-corrected chi connectivity index (χ2v) is 4.23. The van der Waals surface area contributed by atoms with E-state index in [2.05, 4.69) is 14.9 Å². The maximum atomic E-state index is 9.64. The van der Waals surface area contributed by atoms with Gasteiger partial charge in [0.25, 0.3) is 0 Å². The van der Waals surface area contributed by atoms with Crippen molar-refractivity contribution >= 4 is 17.4 Å². The van der Waals surface area contributed by atoms with Gasteiger partial charge >= 0.3 is 0 Å². The van der Waals surface area contributed by atoms with Gasteiger partial charge in [0.2, 0.25) is 0 Å². The molecular formula is C10H14ClN3O. The first kappa shape index (κ1) is 10.6. The van der Waals surface area contributed by atoms with E-state index in [0.29, 0.717) is 5.15 Å². The summed E-state index contributed by atoms with van der Waals surface area (Å²) in [6.45, 7) is 2.73. The van der Waals surface area contributed by atoms with Gasteiger partial charge in [0, 0.05) is 12.6 Å². The zero-order valence-corrected chi connectivity index (χ0v) is 9.35. The van der Waals surface area contributed by atoms with E-state index < -0.39 is 0 Å². The van der Waals surface area contributed by atoms with E-state index in [0.717, 1.165) is 25.2 Å². The first-order chi connectivity index (χ1) is 7.18. The molecule has 0 amide bonds. The lowest BCUT2D eigenvalue weighted by atomic mass is 10.1. The molecule has 5 heteroatoms. The molecule has 1 saturated heterocycles. The lowest BCUT2D eigenvalue weighted by Crippen LogP contribution is -2.37. The topological polar surface area (TPSA) is 49.2 Å². The largest absolute Gasteiger partial charge is 0.391 e. The Labute approximate surface area is 93.9 Å². The molecule has 0 unspecified atom stereocenters. The number of aliphatic hydroxyl groups is 1. The van der Waals surface area contributed by atoms with Crippen LogP contribution in [0.2, 0.25) is 5.15 Å². The molecule has 0 aromatic carbocycles. The molecule has 1 aromatic rings. The first-order valence-electron chi connectivity index (χ1n) is 5.11. The number of anilines is 1. The van der Waals surface area contributed by atoms with Crippen molar-refractivity contribution in [1.29, 1.82) is 0 Å². The normalized spacial score (nSPS) is 23.1. The van der Waals surface area contributed by atoms with Crippen LogP contribution in [0.5, 0.6) is 0 Å². The average molecular weight is 228 g/mol. The minimum Gasteiger partial charge on any atom is -0.391 e. The molecule has 1 aromatic heterocycles. The molecule has 1 N–H and O–H groups in total. The Morgan fingerprint density at radius 3 is 3.07 bits per heavy atom. The van der Waals surface area contributed by atoms with E-state index in [1.165, 1.54) is 6.33 Å². The third-order valence-electron chi connectivity index (χ3n) is 2.77. The molecule has 4 nitrogen and oxygen atoms in total. The molecule has 0 bridgehead atoms. The minimum absolute atomic E-state index is 0.149. The Balaban J connectivity index is 2.22. The van der Waals surface area contributed by atoms with Crippen molar-refractivity contribution in [3.63, 3.8) is 0 Å². The van der Waals surface area contributed by atoms with E-state index in [4.69, 9.17) is 11.6 Å². The van der Waals surface area contributed by atoms with Gasteiger partial charge in [-0.1, -0.05) is 11.6 Å². The van der Waals surface area contributed by atoms with Crippen molar-refractivity contribution in [2.75, 3.05) is 11.4 Å². The van der Waals surface area contributed by atoms with Crippen LogP contribution in [0.15, 0.2) is 12.4 Å². The van der Waals surface area contributed by atoms with Gasteiger partial charge in [0.05, 0.1) is 12.1 Å². The Hall–Kier alpha value is -0.870. The molecule has 0 spiro atoms. The summed E-state index contributed by atoms with van der Waals surface area (Å²) < 4.78 is 0. The zero-order valence-electron chi connectivity index (χ0n) is 8.60. The van der Waals surface area contributed by atoms with Crippen molar-refractivity contribution in [2.45, 2.75) is 31.9 Å². The summed E-state index contributed by atoms with van der Waals surface area (Å²) in [5.74, 6) is 0.804. The summed E-state index contributed by atoms with van der Waals surface area (Å²) in [7, 11) is 0. The molecule has 0 aliphatic carbocycles. The summed E-state index contributed by atoms with van der Waals surface area (Å²) in [5.41, 5.74) is 0. The molecule has 1 fully saturated rings. The quantitative estimate of drug-likeness (QED) is 0.778. The van der Waals surface area contributed by atoms with Crippen LogP contribution in [-0.4, -0.2) is 33.8 Å². The van der Waals surface area contributed by atoms with Crippen molar-refractivity contribution in [3.05, 3.63) is 17.5 Å². The highest BCUT2D eigenvalue weighted by Crippen LogP contribution is 2.26. The van der Waals surface area contributed by atoms with Crippen LogP contribution in [0.3, 0.4) is 0 Å². The Morgan fingerprint density at radius 1 is 1.60 bits per heavy atom. The van der Waals surface area contributed by atoms with Gasteiger partial charge < -0.3 is 10.0 Å². The number of aliphatic hydroxyl groups excluding tert-OH is 1. The predicted molar refractivity (Wildman–Crippen MR) is 59.1 cm³/mol. The van der Waals surface area contributed by atoms with Gasteiger partial charge in [-0.05, 0) is 19.8 Å². The fourth-order valence-electron chi connectivity index (χ4n) is 2.06. The fraction of sp³-hybridized carbons (Fsp3) is 0.600. The van der Waals surface area contributed by atoms with Crippen LogP contribution >= 0.6 is 11.6 Å². The molecule has 82 valence electrons. The van der Waals surface area contributed by atoms with Crippen molar-refractivity contribution in [1.82, 2.24) is 9.97 Å². The second kappa shape index (κ2) is 4.33. The fourth-order valence-corrected chi connectivity index (χ4v) is 2.20. The van der Waals surface area contributed by atoms with Gasteiger partial charge in [0.1, 0.15) is 17.3 Å². The predicted octanol–water partition coefficient (Wildman–Crippen LogP) is 1.48. The first-order valence-corrected chi connectivity index (χ1v) is 5.48. The Kier molecular flexibility index (Phi) is 3.07. The minimum atomic E-state index is -0.346. The van der Waals surface area contributed by atoms with Gasteiger partial charge in [-0.25, -0.2) is 9.97 Å². The summed E-state index contributed by atoms with van der Waals surface area (Å²) in [6.07, 6.45) is 3.19. The third-order valence-corrected chi connectivity index (χ3v) is 2.98. The van der Waals surface area contributed by atoms with E-state index in [-0.39, 0.29) is 12.1 Å². The number of nitrogens with zero attached hydrogens (tertiary/aromatic N) is 3. The maximum absolute atomic E-state index is 9.64. The van der Waals surface area contributed by atoms with Crippen molar-refractivity contribution in [3.8, 4) is 0 Å². The number of hydrogen-bond donors (Lipinski definition) is 1. The van der Waals surface area contributed by atoms with E-state index >= 15 is 0 Å². The van der Waals surface area contributed by atoms with E-state index in [1.54, 1.807) is 6.07 Å². The molecule has 2 rings (SSSR count). The maximum Gasteiger partial charge on any atom is 0.134 e. The van der Waals surface area contributed by atoms with Crippen LogP contribution in [0, 0.1) is 0 Å². The van der Waals surface area contributed by atoms with Gasteiger partial charge in [0.15, 0.2) is 0 Å².